The minimum Gasteiger partial charge on any atom is -0.469 e. The van der Waals surface area contributed by atoms with Crippen LogP contribution in [0, 0.1) is 29.1 Å². The molecular formula is C18H22F2N2O4. The number of nitrogens with zero attached hydrogens (tertiary/aromatic N) is 1. The Morgan fingerprint density at radius 3 is 2.54 bits per heavy atom. The van der Waals surface area contributed by atoms with Crippen LogP contribution in [0.25, 0.3) is 0 Å². The van der Waals surface area contributed by atoms with Crippen molar-refractivity contribution < 1.29 is 27.5 Å². The number of rotatable bonds is 5. The summed E-state index contributed by atoms with van der Waals surface area (Å²) in [6.45, 7) is 0.655. The van der Waals surface area contributed by atoms with Crippen molar-refractivity contribution in [2.24, 2.45) is 29.1 Å². The maximum Gasteiger partial charge on any atom is 0.309 e. The monoisotopic (exact) mass is 368 g/mol. The Hall–Kier alpha value is -1.99. The zero-order valence-electron chi connectivity index (χ0n) is 14.8. The Balaban J connectivity index is 1.47. The Labute approximate surface area is 149 Å². The van der Waals surface area contributed by atoms with E-state index in [2.05, 4.69) is 10.3 Å². The number of alkyl halides is 2. The van der Waals surface area contributed by atoms with Crippen molar-refractivity contribution in [2.75, 3.05) is 7.11 Å². The van der Waals surface area contributed by atoms with Crippen molar-refractivity contribution in [3.63, 3.8) is 0 Å². The molecule has 1 heterocycles. The molecule has 0 radical (unpaired) electrons. The normalized spacial score (nSPS) is 31.2. The second-order valence-electron chi connectivity index (χ2n) is 7.83. The van der Waals surface area contributed by atoms with E-state index in [4.69, 9.17) is 9.15 Å². The fraction of sp³-hybridized carbons (Fsp3) is 0.722. The number of methoxy groups -OCH3 is 1. The van der Waals surface area contributed by atoms with Gasteiger partial charge in [-0.15, -0.1) is 0 Å². The Morgan fingerprint density at radius 1 is 1.35 bits per heavy atom. The number of nitrogens with one attached hydrogen (secondary N) is 1. The van der Waals surface area contributed by atoms with E-state index in [1.165, 1.54) is 7.11 Å². The van der Waals surface area contributed by atoms with Crippen LogP contribution in [0.2, 0.25) is 0 Å². The summed E-state index contributed by atoms with van der Waals surface area (Å²) in [4.78, 5) is 28.8. The van der Waals surface area contributed by atoms with Crippen molar-refractivity contribution >= 4 is 11.9 Å². The lowest BCUT2D eigenvalue weighted by atomic mass is 9.78. The Kier molecular flexibility index (Phi) is 3.86. The first-order chi connectivity index (χ1) is 12.3. The number of oxazole rings is 1. The molecule has 0 saturated heterocycles. The average Bonchev–Trinajstić information content (AvgIpc) is 2.99. The third-order valence-electron chi connectivity index (χ3n) is 6.54. The van der Waals surface area contributed by atoms with Crippen LogP contribution < -0.4 is 5.32 Å². The fourth-order valence-corrected chi connectivity index (χ4v) is 5.34. The van der Waals surface area contributed by atoms with Crippen LogP contribution in [0.4, 0.5) is 8.78 Å². The summed E-state index contributed by atoms with van der Waals surface area (Å²) in [5, 5.41) is 2.72. The third-order valence-corrected chi connectivity index (χ3v) is 6.54. The minimum absolute atomic E-state index is 0.0220. The van der Waals surface area contributed by atoms with Crippen LogP contribution in [0.3, 0.4) is 0 Å². The van der Waals surface area contributed by atoms with Gasteiger partial charge in [0, 0.05) is 6.92 Å². The summed E-state index contributed by atoms with van der Waals surface area (Å²) < 4.78 is 36.4. The molecule has 0 aliphatic heterocycles. The largest absolute Gasteiger partial charge is 0.469 e. The van der Waals surface area contributed by atoms with Gasteiger partial charge in [-0.1, -0.05) is 0 Å². The first-order valence-corrected chi connectivity index (χ1v) is 8.96. The van der Waals surface area contributed by atoms with E-state index in [0.717, 1.165) is 38.9 Å². The van der Waals surface area contributed by atoms with Gasteiger partial charge >= 0.3 is 5.97 Å². The molecule has 1 N–H and O–H groups in total. The Bertz CT molecular complexity index is 738. The molecule has 4 atom stereocenters. The summed E-state index contributed by atoms with van der Waals surface area (Å²) in [5.74, 6) is -4.08. The maximum absolute atomic E-state index is 13.2. The van der Waals surface area contributed by atoms with E-state index in [1.807, 2.05) is 0 Å². The first kappa shape index (κ1) is 17.4. The van der Waals surface area contributed by atoms with E-state index >= 15 is 0 Å². The first-order valence-electron chi connectivity index (χ1n) is 8.96. The van der Waals surface area contributed by atoms with Gasteiger partial charge in [0.05, 0.1) is 25.5 Å². The number of aromatic nitrogens is 1. The molecule has 6 nitrogen and oxygen atoms in total. The number of carbonyl (C=O) groups is 2. The number of halogens is 2. The maximum atomic E-state index is 13.2. The van der Waals surface area contributed by atoms with Crippen LogP contribution in [0.15, 0.2) is 10.7 Å². The van der Waals surface area contributed by atoms with Gasteiger partial charge in [0.25, 0.3) is 5.92 Å². The summed E-state index contributed by atoms with van der Waals surface area (Å²) >= 11 is 0. The van der Waals surface area contributed by atoms with Crippen LogP contribution >= 0.6 is 0 Å². The predicted molar refractivity (Wildman–Crippen MR) is 84.8 cm³/mol. The van der Waals surface area contributed by atoms with E-state index in [1.54, 1.807) is 0 Å². The molecule has 1 aromatic rings. The van der Waals surface area contributed by atoms with Gasteiger partial charge in [0.15, 0.2) is 0 Å². The molecule has 26 heavy (non-hydrogen) atoms. The molecule has 4 rings (SSSR count). The topological polar surface area (TPSA) is 81.4 Å². The molecule has 1 spiro atoms. The van der Waals surface area contributed by atoms with Crippen LogP contribution in [0.1, 0.15) is 44.2 Å². The van der Waals surface area contributed by atoms with Crippen molar-refractivity contribution in [3.8, 4) is 0 Å². The second-order valence-corrected chi connectivity index (χ2v) is 7.83. The van der Waals surface area contributed by atoms with E-state index < -0.39 is 23.5 Å². The van der Waals surface area contributed by atoms with Gasteiger partial charge in [0.1, 0.15) is 12.0 Å². The number of carbonyl (C=O) groups excluding carboxylic acids is 2. The molecule has 2 bridgehead atoms. The lowest BCUT2D eigenvalue weighted by Crippen LogP contribution is -2.41. The number of hydrogen-bond donors (Lipinski definition) is 1. The van der Waals surface area contributed by atoms with E-state index in [-0.39, 0.29) is 41.6 Å². The fourth-order valence-electron chi connectivity index (χ4n) is 5.34. The van der Waals surface area contributed by atoms with Gasteiger partial charge < -0.3 is 14.5 Å². The van der Waals surface area contributed by atoms with Gasteiger partial charge in [0.2, 0.25) is 11.8 Å². The van der Waals surface area contributed by atoms with E-state index in [0.29, 0.717) is 0 Å². The molecule has 1 amide bonds. The second kappa shape index (κ2) is 5.76. The summed E-state index contributed by atoms with van der Waals surface area (Å²) in [5.41, 5.74) is -0.340. The van der Waals surface area contributed by atoms with Gasteiger partial charge in [-0.25, -0.2) is 4.98 Å². The molecule has 8 heteroatoms. The molecule has 0 aromatic carbocycles. The highest BCUT2D eigenvalue weighted by atomic mass is 19.3. The summed E-state index contributed by atoms with van der Waals surface area (Å²) in [6.07, 6.45) is 4.93. The number of amides is 1. The molecule has 142 valence electrons. The van der Waals surface area contributed by atoms with Crippen molar-refractivity contribution in [2.45, 2.75) is 45.1 Å². The highest BCUT2D eigenvalue weighted by molar-refractivity contribution is 5.87. The van der Waals surface area contributed by atoms with Crippen LogP contribution in [-0.2, 0) is 26.8 Å². The highest BCUT2D eigenvalue weighted by Crippen LogP contribution is 2.74. The van der Waals surface area contributed by atoms with Crippen molar-refractivity contribution in [3.05, 3.63) is 17.8 Å². The molecule has 0 unspecified atom stereocenters. The quantitative estimate of drug-likeness (QED) is 0.808. The third kappa shape index (κ3) is 2.53. The van der Waals surface area contributed by atoms with Gasteiger partial charge in [-0.2, -0.15) is 8.78 Å². The van der Waals surface area contributed by atoms with Gasteiger partial charge in [-0.05, 0) is 42.9 Å². The number of hydrogen-bond acceptors (Lipinski definition) is 5. The van der Waals surface area contributed by atoms with Crippen LogP contribution in [-0.4, -0.2) is 24.0 Å². The lowest BCUT2D eigenvalue weighted by Gasteiger charge is -2.27. The number of esters is 1. The highest BCUT2D eigenvalue weighted by Gasteiger charge is 2.71. The molecule has 3 aliphatic rings. The zero-order chi connectivity index (χ0) is 18.7. The van der Waals surface area contributed by atoms with Crippen molar-refractivity contribution in [1.29, 1.82) is 0 Å². The van der Waals surface area contributed by atoms with E-state index in [9.17, 15) is 18.4 Å². The average molecular weight is 368 g/mol. The summed E-state index contributed by atoms with van der Waals surface area (Å²) in [7, 11) is 1.35. The van der Waals surface area contributed by atoms with Crippen molar-refractivity contribution in [1.82, 2.24) is 10.3 Å². The van der Waals surface area contributed by atoms with Gasteiger partial charge in [-0.3, -0.25) is 9.59 Å². The minimum atomic E-state index is -3.09. The van der Waals surface area contributed by atoms with Crippen LogP contribution in [0.5, 0.6) is 0 Å². The zero-order valence-corrected chi connectivity index (χ0v) is 14.8. The summed E-state index contributed by atoms with van der Waals surface area (Å²) in [6, 6.07) is 0. The lowest BCUT2D eigenvalue weighted by molar-refractivity contribution is -0.152. The smallest absolute Gasteiger partial charge is 0.309 e. The molecule has 3 fully saturated rings. The molecule has 1 aromatic heterocycles. The molecule has 3 saturated carbocycles. The number of ether oxygens (including phenoxy) is 1. The molecular weight excluding hydrogens is 346 g/mol. The Morgan fingerprint density at radius 2 is 2.00 bits per heavy atom. The standard InChI is InChI=1S/C18H22F2N2O4/c1-17(19,20)11-8-26-12(22-11)7-21-15(23)13-9-3-4-10(18(9)5-6-18)14(13)16(24)25-2/h8-10,13-14H,3-7H2,1-2H3,(H,21,23)/t9-,10+,13+,14+/m0/s1. The molecule has 3 aliphatic carbocycles. The predicted octanol–water partition coefficient (Wildman–Crippen LogP) is 2.63. The SMILES string of the molecule is COC(=O)[C@H]1[C@H](C(=O)NCc2nc(C(C)(F)F)co2)[C@@H]2CC[C@H]1C21CC1.